The number of hydrogen-bond acceptors (Lipinski definition) is 3. The van der Waals surface area contributed by atoms with Crippen LogP contribution in [0.3, 0.4) is 0 Å². The van der Waals surface area contributed by atoms with E-state index in [1.54, 1.807) is 0 Å². The molecule has 0 aliphatic heterocycles. The Labute approximate surface area is 94.5 Å². The average molecular weight is 238 g/mol. The summed E-state index contributed by atoms with van der Waals surface area (Å²) in [6.07, 6.45) is -2.41. The molecule has 0 radical (unpaired) electrons. The van der Waals surface area contributed by atoms with Gasteiger partial charge in [0.1, 0.15) is 6.61 Å². The van der Waals surface area contributed by atoms with Crippen LogP contribution >= 0.6 is 0 Å². The second-order valence-corrected chi connectivity index (χ2v) is 3.87. The molecule has 0 saturated carbocycles. The van der Waals surface area contributed by atoms with Gasteiger partial charge >= 0.3 is 0 Å². The number of carbonyl (C=O) groups is 1. The molecule has 0 bridgehead atoms. The van der Waals surface area contributed by atoms with Crippen molar-refractivity contribution in [2.24, 2.45) is 11.7 Å². The summed E-state index contributed by atoms with van der Waals surface area (Å²) in [6.45, 7) is 3.64. The number of alkyl halides is 2. The third kappa shape index (κ3) is 7.53. The Balaban J connectivity index is 3.65. The van der Waals surface area contributed by atoms with Crippen LogP contribution < -0.4 is 11.1 Å². The lowest BCUT2D eigenvalue weighted by Gasteiger charge is -2.20. The van der Waals surface area contributed by atoms with Crippen LogP contribution in [0.4, 0.5) is 8.78 Å². The predicted molar refractivity (Wildman–Crippen MR) is 57.3 cm³/mol. The van der Waals surface area contributed by atoms with Crippen molar-refractivity contribution in [2.45, 2.75) is 32.7 Å². The molecule has 1 atom stereocenters. The van der Waals surface area contributed by atoms with Crippen molar-refractivity contribution in [3.05, 3.63) is 0 Å². The predicted octanol–water partition coefficient (Wildman–Crippen LogP) is 0.758. The maximum absolute atomic E-state index is 11.7. The zero-order valence-corrected chi connectivity index (χ0v) is 9.71. The van der Waals surface area contributed by atoms with E-state index in [-0.39, 0.29) is 30.9 Å². The Bertz CT molecular complexity index is 201. The van der Waals surface area contributed by atoms with Crippen LogP contribution in [-0.4, -0.2) is 38.1 Å². The monoisotopic (exact) mass is 238 g/mol. The lowest BCUT2D eigenvalue weighted by Crippen LogP contribution is -2.43. The summed E-state index contributed by atoms with van der Waals surface area (Å²) in [6, 6.07) is -0.0809. The summed E-state index contributed by atoms with van der Waals surface area (Å²) >= 11 is 0. The van der Waals surface area contributed by atoms with Crippen molar-refractivity contribution >= 4 is 5.91 Å². The summed E-state index contributed by atoms with van der Waals surface area (Å²) in [5.41, 5.74) is 5.47. The Kier molecular flexibility index (Phi) is 8.01. The SMILES string of the molecule is CC(C)C(CN)NC(=O)CCOCC(F)F. The largest absolute Gasteiger partial charge is 0.375 e. The van der Waals surface area contributed by atoms with Gasteiger partial charge in [-0.3, -0.25) is 4.79 Å². The van der Waals surface area contributed by atoms with Crippen LogP contribution in [0.25, 0.3) is 0 Å². The molecule has 0 rings (SSSR count). The van der Waals surface area contributed by atoms with Crippen molar-refractivity contribution < 1.29 is 18.3 Å². The van der Waals surface area contributed by atoms with Gasteiger partial charge in [0.15, 0.2) is 0 Å². The number of rotatable bonds is 8. The summed E-state index contributed by atoms with van der Waals surface area (Å²) in [5.74, 6) is 0.0225. The standard InChI is InChI=1S/C10H20F2N2O2/c1-7(2)8(5-13)14-10(15)3-4-16-6-9(11)12/h7-9H,3-6,13H2,1-2H3,(H,14,15). The number of nitrogens with one attached hydrogen (secondary N) is 1. The molecule has 16 heavy (non-hydrogen) atoms. The molecule has 3 N–H and O–H groups in total. The van der Waals surface area contributed by atoms with Gasteiger partial charge in [0.2, 0.25) is 5.91 Å². The molecule has 0 aliphatic carbocycles. The molecule has 96 valence electrons. The number of hydrogen-bond donors (Lipinski definition) is 2. The minimum Gasteiger partial charge on any atom is -0.375 e. The smallest absolute Gasteiger partial charge is 0.261 e. The number of nitrogens with two attached hydrogens (primary N) is 1. The maximum atomic E-state index is 11.7. The minimum atomic E-state index is -2.49. The Morgan fingerprint density at radius 3 is 2.50 bits per heavy atom. The first-order valence-electron chi connectivity index (χ1n) is 5.32. The second-order valence-electron chi connectivity index (χ2n) is 3.87. The molecule has 0 aromatic carbocycles. The fourth-order valence-corrected chi connectivity index (χ4v) is 1.11. The van der Waals surface area contributed by atoms with Crippen LogP contribution in [0.15, 0.2) is 0 Å². The van der Waals surface area contributed by atoms with Gasteiger partial charge < -0.3 is 15.8 Å². The first kappa shape index (κ1) is 15.2. The van der Waals surface area contributed by atoms with E-state index < -0.39 is 13.0 Å². The van der Waals surface area contributed by atoms with E-state index in [1.165, 1.54) is 0 Å². The molecule has 0 aliphatic rings. The average Bonchev–Trinajstić information content (AvgIpc) is 2.20. The summed E-state index contributed by atoms with van der Waals surface area (Å²) < 4.78 is 28.0. The van der Waals surface area contributed by atoms with Gasteiger partial charge in [0.25, 0.3) is 6.43 Å². The van der Waals surface area contributed by atoms with Crippen LogP contribution in [0, 0.1) is 5.92 Å². The topological polar surface area (TPSA) is 64.3 Å². The third-order valence-corrected chi connectivity index (χ3v) is 2.12. The summed E-state index contributed by atoms with van der Waals surface area (Å²) in [5, 5.41) is 2.72. The van der Waals surface area contributed by atoms with Gasteiger partial charge in [0.05, 0.1) is 6.61 Å². The highest BCUT2D eigenvalue weighted by Crippen LogP contribution is 2.00. The minimum absolute atomic E-state index is 0.00552. The van der Waals surface area contributed by atoms with Gasteiger partial charge in [-0.15, -0.1) is 0 Å². The van der Waals surface area contributed by atoms with E-state index in [1.807, 2.05) is 13.8 Å². The first-order chi connectivity index (χ1) is 7.47. The van der Waals surface area contributed by atoms with Gasteiger partial charge in [-0.2, -0.15) is 0 Å². The van der Waals surface area contributed by atoms with E-state index in [0.29, 0.717) is 6.54 Å². The molecule has 0 fully saturated rings. The van der Waals surface area contributed by atoms with Gasteiger partial charge in [-0.1, -0.05) is 13.8 Å². The fraction of sp³-hybridized carbons (Fsp3) is 0.900. The summed E-state index contributed by atoms with van der Waals surface area (Å²) in [4.78, 5) is 11.3. The van der Waals surface area contributed by atoms with Crippen LogP contribution in [-0.2, 0) is 9.53 Å². The zero-order chi connectivity index (χ0) is 12.6. The number of carbonyl (C=O) groups excluding carboxylic acids is 1. The summed E-state index contributed by atoms with van der Waals surface area (Å²) in [7, 11) is 0. The highest BCUT2D eigenvalue weighted by Gasteiger charge is 2.14. The number of amides is 1. The van der Waals surface area contributed by atoms with Crippen molar-refractivity contribution in [3.8, 4) is 0 Å². The molecule has 0 spiro atoms. The van der Waals surface area contributed by atoms with E-state index in [0.717, 1.165) is 0 Å². The van der Waals surface area contributed by atoms with Crippen molar-refractivity contribution in [1.82, 2.24) is 5.32 Å². The third-order valence-electron chi connectivity index (χ3n) is 2.12. The van der Waals surface area contributed by atoms with Gasteiger partial charge in [-0.25, -0.2) is 8.78 Å². The maximum Gasteiger partial charge on any atom is 0.261 e. The molecule has 0 aromatic heterocycles. The van der Waals surface area contributed by atoms with E-state index >= 15 is 0 Å². The number of halogens is 2. The second kappa shape index (κ2) is 8.41. The molecular weight excluding hydrogens is 218 g/mol. The first-order valence-corrected chi connectivity index (χ1v) is 5.32. The van der Waals surface area contributed by atoms with E-state index in [2.05, 4.69) is 10.1 Å². The lowest BCUT2D eigenvalue weighted by atomic mass is 10.0. The Morgan fingerprint density at radius 1 is 1.44 bits per heavy atom. The van der Waals surface area contributed by atoms with E-state index in [9.17, 15) is 13.6 Å². The molecule has 4 nitrogen and oxygen atoms in total. The zero-order valence-electron chi connectivity index (χ0n) is 9.71. The van der Waals surface area contributed by atoms with Crippen molar-refractivity contribution in [2.75, 3.05) is 19.8 Å². The van der Waals surface area contributed by atoms with E-state index in [4.69, 9.17) is 5.73 Å². The van der Waals surface area contributed by atoms with Crippen molar-refractivity contribution in [1.29, 1.82) is 0 Å². The molecule has 0 aromatic rings. The van der Waals surface area contributed by atoms with Gasteiger partial charge in [-0.05, 0) is 5.92 Å². The van der Waals surface area contributed by atoms with Crippen LogP contribution in [0.2, 0.25) is 0 Å². The molecule has 0 saturated heterocycles. The van der Waals surface area contributed by atoms with Crippen LogP contribution in [0.5, 0.6) is 0 Å². The fourth-order valence-electron chi connectivity index (χ4n) is 1.11. The molecule has 1 amide bonds. The van der Waals surface area contributed by atoms with Crippen molar-refractivity contribution in [3.63, 3.8) is 0 Å². The lowest BCUT2D eigenvalue weighted by molar-refractivity contribution is -0.123. The quantitative estimate of drug-likeness (QED) is 0.613. The Hall–Kier alpha value is -0.750. The highest BCUT2D eigenvalue weighted by molar-refractivity contribution is 5.76. The molecular formula is C10H20F2N2O2. The van der Waals surface area contributed by atoms with Gasteiger partial charge in [0, 0.05) is 19.0 Å². The molecule has 6 heteroatoms. The normalized spacial score (nSPS) is 13.2. The van der Waals surface area contributed by atoms with Crippen LogP contribution in [0.1, 0.15) is 20.3 Å². The molecule has 1 unspecified atom stereocenters. The highest BCUT2D eigenvalue weighted by atomic mass is 19.3. The molecule has 0 heterocycles. The Morgan fingerprint density at radius 2 is 2.06 bits per heavy atom. The number of ether oxygens (including phenoxy) is 1.